The predicted molar refractivity (Wildman–Crippen MR) is 215 cm³/mol. The SMILES string of the molecule is c1ccc(-c2nc(-c3ccccn3)nc(-c3c4ccccc4c(-c4ccc5c(c4)C4(c6ccccc6-5)C5CC6CC(C5)CC4C6)c4ccccc34)n2)nc1. The van der Waals surface area contributed by atoms with E-state index in [2.05, 4.69) is 101 Å². The third-order valence-electron chi connectivity index (χ3n) is 13.4. The van der Waals surface area contributed by atoms with E-state index < -0.39 is 0 Å². The van der Waals surface area contributed by atoms with Gasteiger partial charge in [-0.25, -0.2) is 15.0 Å². The van der Waals surface area contributed by atoms with E-state index in [-0.39, 0.29) is 5.41 Å². The summed E-state index contributed by atoms with van der Waals surface area (Å²) in [5.41, 5.74) is 11.1. The Morgan fingerprint density at radius 3 is 1.50 bits per heavy atom. The summed E-state index contributed by atoms with van der Waals surface area (Å²) in [4.78, 5) is 24.5. The van der Waals surface area contributed by atoms with Crippen molar-refractivity contribution in [3.05, 3.63) is 151 Å². The molecule has 0 aliphatic heterocycles. The molecule has 1 spiro atoms. The molecule has 0 unspecified atom stereocenters. The average Bonchev–Trinajstić information content (AvgIpc) is 3.52. The van der Waals surface area contributed by atoms with Gasteiger partial charge in [0.25, 0.3) is 0 Å². The number of aromatic nitrogens is 5. The molecule has 5 aromatic carbocycles. The summed E-state index contributed by atoms with van der Waals surface area (Å²) in [7, 11) is 0. The number of rotatable bonds is 4. The van der Waals surface area contributed by atoms with E-state index in [4.69, 9.17) is 15.0 Å². The minimum absolute atomic E-state index is 0.107. The molecule has 3 heterocycles. The second-order valence-corrected chi connectivity index (χ2v) is 16.1. The summed E-state index contributed by atoms with van der Waals surface area (Å²) in [6, 6.07) is 46.1. The molecule has 3 aromatic heterocycles. The lowest BCUT2D eigenvalue weighted by Gasteiger charge is -2.61. The third kappa shape index (κ3) is 4.24. The van der Waals surface area contributed by atoms with Crippen LogP contribution in [0.2, 0.25) is 0 Å². The molecule has 4 fully saturated rings. The van der Waals surface area contributed by atoms with Crippen LogP contribution in [-0.2, 0) is 5.41 Å². The van der Waals surface area contributed by atoms with Crippen LogP contribution in [0, 0.1) is 23.7 Å². The molecule has 0 saturated heterocycles. The number of benzene rings is 5. The Kier molecular flexibility index (Phi) is 6.45. The highest BCUT2D eigenvalue weighted by Gasteiger charge is 2.61. The fraction of sp³-hybridized carbons (Fsp3) is 0.204. The van der Waals surface area contributed by atoms with E-state index in [1.54, 1.807) is 23.5 Å². The van der Waals surface area contributed by atoms with Crippen LogP contribution < -0.4 is 0 Å². The van der Waals surface area contributed by atoms with Gasteiger partial charge < -0.3 is 0 Å². The van der Waals surface area contributed by atoms with Crippen LogP contribution in [0.4, 0.5) is 0 Å². The topological polar surface area (TPSA) is 64.5 Å². The fourth-order valence-electron chi connectivity index (χ4n) is 11.7. The second-order valence-electron chi connectivity index (χ2n) is 16.1. The van der Waals surface area contributed by atoms with Gasteiger partial charge in [-0.2, -0.15) is 0 Å². The summed E-state index contributed by atoms with van der Waals surface area (Å²) in [5.74, 6) is 4.91. The Morgan fingerprint density at radius 2 is 0.926 bits per heavy atom. The maximum atomic E-state index is 5.16. The first-order chi connectivity index (χ1) is 26.7. The summed E-state index contributed by atoms with van der Waals surface area (Å²) in [5, 5.41) is 4.62. The molecule has 4 saturated carbocycles. The molecule has 0 radical (unpaired) electrons. The van der Waals surface area contributed by atoms with E-state index in [0.717, 1.165) is 28.2 Å². The number of hydrogen-bond acceptors (Lipinski definition) is 5. The van der Waals surface area contributed by atoms with Gasteiger partial charge in [0.1, 0.15) is 11.4 Å². The van der Waals surface area contributed by atoms with Crippen molar-refractivity contribution in [3.8, 4) is 56.7 Å². The van der Waals surface area contributed by atoms with Crippen molar-refractivity contribution in [2.45, 2.75) is 37.5 Å². The standard InChI is InChI=1S/C49H37N5/c1-3-14-38-36(12-1)44(31-19-20-35-34-11-5-6-16-40(34)49(41(35)28-31)32-24-29-23-30(26-32)27-33(49)25-29)37-13-2-4-15-39(37)45(38)48-53-46(42-17-7-9-21-50-42)52-47(54-48)43-18-8-10-22-51-43/h1-22,28-30,32-33H,23-27H2. The fourth-order valence-corrected chi connectivity index (χ4v) is 11.7. The van der Waals surface area contributed by atoms with E-state index in [0.29, 0.717) is 40.7 Å². The van der Waals surface area contributed by atoms with Crippen molar-refractivity contribution in [1.29, 1.82) is 0 Å². The largest absolute Gasteiger partial charge is 0.253 e. The zero-order valence-corrected chi connectivity index (χ0v) is 29.9. The van der Waals surface area contributed by atoms with Gasteiger partial charge in [-0.3, -0.25) is 9.97 Å². The number of hydrogen-bond donors (Lipinski definition) is 0. The molecule has 5 aliphatic rings. The summed E-state index contributed by atoms with van der Waals surface area (Å²) < 4.78 is 0. The Hall–Kier alpha value is -6.07. The van der Waals surface area contributed by atoms with E-state index in [1.807, 2.05) is 36.4 Å². The highest BCUT2D eigenvalue weighted by atomic mass is 15.1. The average molecular weight is 696 g/mol. The van der Waals surface area contributed by atoms with Crippen LogP contribution in [0.25, 0.3) is 78.2 Å². The van der Waals surface area contributed by atoms with Gasteiger partial charge in [-0.15, -0.1) is 0 Å². The molecule has 5 heteroatoms. The van der Waals surface area contributed by atoms with Crippen molar-refractivity contribution in [1.82, 2.24) is 24.9 Å². The maximum absolute atomic E-state index is 5.16. The zero-order chi connectivity index (χ0) is 35.4. The molecule has 5 aliphatic carbocycles. The Labute approximate surface area is 314 Å². The van der Waals surface area contributed by atoms with Crippen LogP contribution in [0.5, 0.6) is 0 Å². The van der Waals surface area contributed by atoms with Crippen LogP contribution in [0.1, 0.15) is 43.2 Å². The van der Waals surface area contributed by atoms with Gasteiger partial charge >= 0.3 is 0 Å². The Balaban J connectivity index is 1.11. The van der Waals surface area contributed by atoms with Crippen molar-refractivity contribution in [2.75, 3.05) is 0 Å². The molecule has 0 amide bonds. The van der Waals surface area contributed by atoms with Crippen molar-refractivity contribution in [2.24, 2.45) is 23.7 Å². The molecule has 0 atom stereocenters. The highest BCUT2D eigenvalue weighted by Crippen LogP contribution is 2.69. The van der Waals surface area contributed by atoms with Gasteiger partial charge in [0.05, 0.1) is 0 Å². The first-order valence-electron chi connectivity index (χ1n) is 19.5. The van der Waals surface area contributed by atoms with Crippen LogP contribution >= 0.6 is 0 Å². The van der Waals surface area contributed by atoms with Crippen LogP contribution in [0.15, 0.2) is 140 Å². The monoisotopic (exact) mass is 695 g/mol. The van der Waals surface area contributed by atoms with Gasteiger partial charge in [-0.05, 0) is 141 Å². The molecule has 5 nitrogen and oxygen atoms in total. The van der Waals surface area contributed by atoms with Crippen molar-refractivity contribution < 1.29 is 0 Å². The van der Waals surface area contributed by atoms with Gasteiger partial charge in [0, 0.05) is 23.4 Å². The number of pyridine rings is 2. The van der Waals surface area contributed by atoms with E-state index in [1.165, 1.54) is 65.1 Å². The predicted octanol–water partition coefficient (Wildman–Crippen LogP) is 11.4. The lowest BCUT2D eigenvalue weighted by Crippen LogP contribution is -2.55. The summed E-state index contributed by atoms with van der Waals surface area (Å²) >= 11 is 0. The van der Waals surface area contributed by atoms with Gasteiger partial charge in [0.15, 0.2) is 17.5 Å². The van der Waals surface area contributed by atoms with E-state index in [9.17, 15) is 0 Å². The summed E-state index contributed by atoms with van der Waals surface area (Å²) in [6.07, 6.45) is 10.5. The van der Waals surface area contributed by atoms with Crippen molar-refractivity contribution >= 4 is 21.5 Å². The molecule has 13 rings (SSSR count). The Morgan fingerprint density at radius 1 is 0.426 bits per heavy atom. The lowest BCUT2D eigenvalue weighted by atomic mass is 9.43. The molecule has 54 heavy (non-hydrogen) atoms. The van der Waals surface area contributed by atoms with Gasteiger partial charge in [0.2, 0.25) is 0 Å². The first kappa shape index (κ1) is 30.4. The molecular weight excluding hydrogens is 659 g/mol. The maximum Gasteiger partial charge on any atom is 0.182 e. The normalized spacial score (nSPS) is 23.3. The number of fused-ring (bicyclic) bond motifs is 5. The molecule has 258 valence electrons. The minimum atomic E-state index is 0.107. The second kappa shape index (κ2) is 11.5. The van der Waals surface area contributed by atoms with Crippen LogP contribution in [-0.4, -0.2) is 24.9 Å². The molecule has 4 bridgehead atoms. The highest BCUT2D eigenvalue weighted by molar-refractivity contribution is 6.21. The van der Waals surface area contributed by atoms with Crippen molar-refractivity contribution in [3.63, 3.8) is 0 Å². The quantitative estimate of drug-likeness (QED) is 0.172. The smallest absolute Gasteiger partial charge is 0.182 e. The summed E-state index contributed by atoms with van der Waals surface area (Å²) in [6.45, 7) is 0. The third-order valence-corrected chi connectivity index (χ3v) is 13.4. The first-order valence-corrected chi connectivity index (χ1v) is 19.5. The van der Waals surface area contributed by atoms with Gasteiger partial charge in [-0.1, -0.05) is 97.1 Å². The Bertz CT molecular complexity index is 2650. The zero-order valence-electron chi connectivity index (χ0n) is 29.9. The van der Waals surface area contributed by atoms with Crippen LogP contribution in [0.3, 0.4) is 0 Å². The molecule has 8 aromatic rings. The molecule has 0 N–H and O–H groups in total. The molecular formula is C49H37N5. The van der Waals surface area contributed by atoms with E-state index >= 15 is 0 Å². The number of nitrogens with zero attached hydrogens (tertiary/aromatic N) is 5. The lowest BCUT2D eigenvalue weighted by molar-refractivity contribution is -0.0399. The minimum Gasteiger partial charge on any atom is -0.253 e.